The van der Waals surface area contributed by atoms with Gasteiger partial charge < -0.3 is 13.6 Å². The number of rotatable bonds is 6. The van der Waals surface area contributed by atoms with Gasteiger partial charge in [0, 0.05) is 61.2 Å². The molecule has 0 unspecified atom stereocenters. The Morgan fingerprint density at radius 1 is 0.414 bits per heavy atom. The van der Waals surface area contributed by atoms with Crippen LogP contribution >= 0.6 is 0 Å². The zero-order valence-corrected chi connectivity index (χ0v) is 31.2. The summed E-state index contributed by atoms with van der Waals surface area (Å²) in [5.74, 6) is 1.98. The summed E-state index contributed by atoms with van der Waals surface area (Å²) in [5.41, 5.74) is 11.3. The third-order valence-electron chi connectivity index (χ3n) is 11.4. The van der Waals surface area contributed by atoms with Crippen LogP contribution in [0.25, 0.3) is 99.7 Å². The smallest absolute Gasteiger partial charge is 0.163 e. The lowest BCUT2D eigenvalue weighted by Gasteiger charge is -2.17. The number of nitrogens with zero attached hydrogens (tertiary/aromatic N) is 5. The quantitative estimate of drug-likeness (QED) is 0.170. The van der Waals surface area contributed by atoms with Gasteiger partial charge >= 0.3 is 0 Å². The Labute approximate surface area is 332 Å². The molecule has 0 radical (unpaired) electrons. The Balaban J connectivity index is 1.15. The molecule has 0 atom stereocenters. The number of fused-ring (bicyclic) bond motifs is 10. The van der Waals surface area contributed by atoms with Crippen LogP contribution in [-0.2, 0) is 6.42 Å². The standard InChI is InChI=1S/C52H33N5O/c1-3-15-33(16-4-1)51-53-48(54-52(55-51)34-17-5-2-6-18-34)32-35-31-36(27-30-43(35)57-45-24-12-7-19-37(45)38-20-8-13-25-46(38)57)56-44-23-11-9-21-39(44)41-28-29-42-40-22-10-14-26-47(40)58-50(42)49(41)56/h1-31H,32H2. The van der Waals surface area contributed by atoms with Gasteiger partial charge in [-0.15, -0.1) is 0 Å². The van der Waals surface area contributed by atoms with Gasteiger partial charge in [0.15, 0.2) is 17.2 Å². The molecule has 0 N–H and O–H groups in total. The molecule has 0 saturated carbocycles. The first kappa shape index (κ1) is 32.4. The SMILES string of the molecule is c1ccc(-c2nc(Cc3cc(-n4c5ccccc5c5ccc6c7ccccc7oc6c54)ccc3-n3c4ccccc4c4ccccc43)nc(-c3ccccc3)n2)cc1. The zero-order valence-electron chi connectivity index (χ0n) is 31.2. The molecule has 272 valence electrons. The average Bonchev–Trinajstić information content (AvgIpc) is 3.95. The second-order valence-electron chi connectivity index (χ2n) is 14.8. The summed E-state index contributed by atoms with van der Waals surface area (Å²) in [4.78, 5) is 15.4. The van der Waals surface area contributed by atoms with Crippen LogP contribution in [0.3, 0.4) is 0 Å². The fraction of sp³-hybridized carbons (Fsp3) is 0.0192. The van der Waals surface area contributed by atoms with Crippen LogP contribution in [0.4, 0.5) is 0 Å². The van der Waals surface area contributed by atoms with Crippen molar-refractivity contribution in [3.05, 3.63) is 199 Å². The van der Waals surface area contributed by atoms with E-state index in [1.54, 1.807) is 0 Å². The van der Waals surface area contributed by atoms with Crippen molar-refractivity contribution in [3.63, 3.8) is 0 Å². The molecule has 0 spiro atoms. The number of benzene rings is 8. The third-order valence-corrected chi connectivity index (χ3v) is 11.4. The lowest BCUT2D eigenvalue weighted by molar-refractivity contribution is 0.671. The third kappa shape index (κ3) is 5.02. The molecule has 6 nitrogen and oxygen atoms in total. The van der Waals surface area contributed by atoms with Crippen LogP contribution in [0.5, 0.6) is 0 Å². The minimum Gasteiger partial charge on any atom is -0.454 e. The van der Waals surface area contributed by atoms with Crippen molar-refractivity contribution in [2.75, 3.05) is 0 Å². The Morgan fingerprint density at radius 2 is 0.931 bits per heavy atom. The van der Waals surface area contributed by atoms with Crippen LogP contribution in [0.1, 0.15) is 11.4 Å². The molecular formula is C52H33N5O. The number of furan rings is 1. The zero-order chi connectivity index (χ0) is 38.2. The average molecular weight is 744 g/mol. The molecule has 4 aromatic heterocycles. The van der Waals surface area contributed by atoms with Crippen LogP contribution in [0, 0.1) is 0 Å². The maximum Gasteiger partial charge on any atom is 0.163 e. The maximum atomic E-state index is 6.72. The van der Waals surface area contributed by atoms with Gasteiger partial charge in [0.2, 0.25) is 0 Å². The van der Waals surface area contributed by atoms with Crippen molar-refractivity contribution in [2.45, 2.75) is 6.42 Å². The van der Waals surface area contributed by atoms with Gasteiger partial charge in [-0.1, -0.05) is 140 Å². The monoisotopic (exact) mass is 743 g/mol. The van der Waals surface area contributed by atoms with E-state index in [1.165, 1.54) is 16.2 Å². The second kappa shape index (κ2) is 12.9. The second-order valence-corrected chi connectivity index (χ2v) is 14.8. The van der Waals surface area contributed by atoms with E-state index in [4.69, 9.17) is 19.4 Å². The van der Waals surface area contributed by atoms with Gasteiger partial charge in [0.25, 0.3) is 0 Å². The molecular weight excluding hydrogens is 711 g/mol. The highest BCUT2D eigenvalue weighted by atomic mass is 16.3. The summed E-state index contributed by atoms with van der Waals surface area (Å²) in [6, 6.07) is 65.9. The lowest BCUT2D eigenvalue weighted by Crippen LogP contribution is -2.08. The molecule has 0 fully saturated rings. The Kier molecular flexibility index (Phi) is 7.19. The van der Waals surface area contributed by atoms with E-state index in [0.29, 0.717) is 23.9 Å². The van der Waals surface area contributed by atoms with Gasteiger partial charge in [0.05, 0.1) is 22.1 Å². The molecule has 4 heterocycles. The van der Waals surface area contributed by atoms with Crippen molar-refractivity contribution in [1.82, 2.24) is 24.1 Å². The molecule has 6 heteroatoms. The van der Waals surface area contributed by atoms with Crippen LogP contribution in [0.15, 0.2) is 192 Å². The summed E-state index contributed by atoms with van der Waals surface area (Å²) in [5, 5.41) is 6.94. The summed E-state index contributed by atoms with van der Waals surface area (Å²) < 4.78 is 11.5. The first-order valence-corrected chi connectivity index (χ1v) is 19.6. The highest BCUT2D eigenvalue weighted by Crippen LogP contribution is 2.41. The molecule has 12 aromatic rings. The minimum atomic E-state index is 0.462. The van der Waals surface area contributed by atoms with E-state index in [0.717, 1.165) is 77.5 Å². The molecule has 12 rings (SSSR count). The van der Waals surface area contributed by atoms with E-state index in [9.17, 15) is 0 Å². The van der Waals surface area contributed by atoms with Crippen molar-refractivity contribution < 1.29 is 4.42 Å². The van der Waals surface area contributed by atoms with E-state index < -0.39 is 0 Å². The molecule has 0 aliphatic rings. The summed E-state index contributed by atoms with van der Waals surface area (Å²) in [6.45, 7) is 0. The van der Waals surface area contributed by atoms with Crippen LogP contribution < -0.4 is 0 Å². The number of hydrogen-bond donors (Lipinski definition) is 0. The first-order chi connectivity index (χ1) is 28.8. The van der Waals surface area contributed by atoms with Crippen LogP contribution in [0.2, 0.25) is 0 Å². The lowest BCUT2D eigenvalue weighted by atomic mass is 10.1. The highest BCUT2D eigenvalue weighted by molar-refractivity contribution is 6.21. The summed E-state index contributed by atoms with van der Waals surface area (Å²) in [7, 11) is 0. The Morgan fingerprint density at radius 3 is 1.57 bits per heavy atom. The molecule has 0 bridgehead atoms. The fourth-order valence-corrected chi connectivity index (χ4v) is 8.85. The van der Waals surface area contributed by atoms with Gasteiger partial charge in [-0.3, -0.25) is 0 Å². The van der Waals surface area contributed by atoms with E-state index in [-0.39, 0.29) is 0 Å². The summed E-state index contributed by atoms with van der Waals surface area (Å²) >= 11 is 0. The Bertz CT molecular complexity index is 3430. The highest BCUT2D eigenvalue weighted by Gasteiger charge is 2.22. The number of hydrogen-bond acceptors (Lipinski definition) is 4. The first-order valence-electron chi connectivity index (χ1n) is 19.6. The molecule has 0 amide bonds. The van der Waals surface area contributed by atoms with Crippen molar-refractivity contribution >= 4 is 65.6 Å². The van der Waals surface area contributed by atoms with Crippen molar-refractivity contribution in [3.8, 4) is 34.2 Å². The minimum absolute atomic E-state index is 0.462. The topological polar surface area (TPSA) is 61.7 Å². The van der Waals surface area contributed by atoms with E-state index in [2.05, 4.69) is 155 Å². The number of aromatic nitrogens is 5. The normalized spacial score (nSPS) is 11.9. The number of para-hydroxylation sites is 4. The largest absolute Gasteiger partial charge is 0.454 e. The predicted octanol–water partition coefficient (Wildman–Crippen LogP) is 12.9. The molecule has 0 saturated heterocycles. The fourth-order valence-electron chi connectivity index (χ4n) is 8.85. The molecule has 0 aliphatic carbocycles. The Hall–Kier alpha value is -7.83. The van der Waals surface area contributed by atoms with E-state index in [1.807, 2.05) is 42.5 Å². The summed E-state index contributed by atoms with van der Waals surface area (Å²) in [6.07, 6.45) is 0.462. The van der Waals surface area contributed by atoms with Gasteiger partial charge in [0.1, 0.15) is 11.4 Å². The van der Waals surface area contributed by atoms with Gasteiger partial charge in [-0.25, -0.2) is 15.0 Å². The van der Waals surface area contributed by atoms with Crippen molar-refractivity contribution in [1.29, 1.82) is 0 Å². The molecule has 0 aliphatic heterocycles. The molecule has 8 aromatic carbocycles. The molecule has 58 heavy (non-hydrogen) atoms. The van der Waals surface area contributed by atoms with Gasteiger partial charge in [-0.05, 0) is 54.1 Å². The maximum absolute atomic E-state index is 6.72. The van der Waals surface area contributed by atoms with Gasteiger partial charge in [-0.2, -0.15) is 0 Å². The van der Waals surface area contributed by atoms with Crippen molar-refractivity contribution in [2.24, 2.45) is 0 Å². The predicted molar refractivity (Wildman–Crippen MR) is 236 cm³/mol. The van der Waals surface area contributed by atoms with E-state index >= 15 is 0 Å². The van der Waals surface area contributed by atoms with Crippen LogP contribution in [-0.4, -0.2) is 24.1 Å².